The number of aryl methyl sites for hydroxylation is 2. The van der Waals surface area contributed by atoms with Crippen LogP contribution in [0.4, 0.5) is 0 Å². The van der Waals surface area contributed by atoms with Crippen LogP contribution in [0.3, 0.4) is 0 Å². The predicted octanol–water partition coefficient (Wildman–Crippen LogP) is 3.35. The van der Waals surface area contributed by atoms with Crippen LogP contribution in [0.1, 0.15) is 41.1 Å². The third kappa shape index (κ3) is 3.62. The van der Waals surface area contributed by atoms with Gasteiger partial charge in [0, 0.05) is 35.9 Å². The molecule has 0 radical (unpaired) electrons. The molecule has 2 aromatic carbocycles. The Hall–Kier alpha value is -2.79. The van der Waals surface area contributed by atoms with E-state index in [0.717, 1.165) is 59.5 Å². The van der Waals surface area contributed by atoms with Gasteiger partial charge >= 0.3 is 5.63 Å². The van der Waals surface area contributed by atoms with E-state index in [1.165, 1.54) is 10.5 Å². The Bertz CT molecular complexity index is 1100. The second kappa shape index (κ2) is 7.91. The van der Waals surface area contributed by atoms with Gasteiger partial charge in [-0.05, 0) is 37.1 Å². The highest BCUT2D eigenvalue weighted by molar-refractivity contribution is 5.83. The predicted molar refractivity (Wildman–Crippen MR) is 113 cm³/mol. The molecule has 5 nitrogen and oxygen atoms in total. The minimum Gasteiger partial charge on any atom is -0.497 e. The van der Waals surface area contributed by atoms with Gasteiger partial charge in [-0.15, -0.1) is 0 Å². The number of rotatable bonds is 5. The molecule has 2 heterocycles. The smallest absolute Gasteiger partial charge is 0.336 e. The molecule has 5 heteroatoms. The van der Waals surface area contributed by atoms with Crippen molar-refractivity contribution >= 4 is 11.0 Å². The maximum Gasteiger partial charge on any atom is 0.336 e. The summed E-state index contributed by atoms with van der Waals surface area (Å²) in [6, 6.07) is 12.2. The fraction of sp³-hybridized carbons (Fsp3) is 0.375. The molecule has 1 unspecified atom stereocenters. The number of quaternary nitrogens is 1. The van der Waals surface area contributed by atoms with Crippen LogP contribution in [0.2, 0.25) is 0 Å². The number of fused-ring (bicyclic) bond motifs is 1. The van der Waals surface area contributed by atoms with Gasteiger partial charge < -0.3 is 18.8 Å². The molecule has 3 aromatic rings. The Kier molecular flexibility index (Phi) is 5.33. The molecular weight excluding hydrogens is 366 g/mol. The van der Waals surface area contributed by atoms with Crippen molar-refractivity contribution in [3.05, 3.63) is 69.1 Å². The summed E-state index contributed by atoms with van der Waals surface area (Å²) >= 11 is 0. The number of nitrogens with one attached hydrogen (secondary N) is 1. The summed E-state index contributed by atoms with van der Waals surface area (Å²) < 4.78 is 16.6. The first kappa shape index (κ1) is 19.5. The van der Waals surface area contributed by atoms with Crippen molar-refractivity contribution in [2.45, 2.75) is 39.3 Å². The van der Waals surface area contributed by atoms with Crippen LogP contribution in [0.25, 0.3) is 11.0 Å². The molecule has 0 spiro atoms. The monoisotopic (exact) mass is 394 g/mol. The van der Waals surface area contributed by atoms with Crippen molar-refractivity contribution in [2.24, 2.45) is 0 Å². The van der Waals surface area contributed by atoms with Crippen molar-refractivity contribution in [1.82, 2.24) is 0 Å². The quantitative estimate of drug-likeness (QED) is 0.675. The van der Waals surface area contributed by atoms with Crippen LogP contribution in [0, 0.1) is 13.8 Å². The van der Waals surface area contributed by atoms with Crippen molar-refractivity contribution in [2.75, 3.05) is 20.8 Å². The Labute approximate surface area is 170 Å². The van der Waals surface area contributed by atoms with Crippen LogP contribution in [-0.2, 0) is 6.54 Å². The van der Waals surface area contributed by atoms with Gasteiger partial charge in [-0.25, -0.2) is 4.79 Å². The van der Waals surface area contributed by atoms with Gasteiger partial charge in [0.15, 0.2) is 0 Å². The van der Waals surface area contributed by atoms with E-state index in [2.05, 4.69) is 18.2 Å². The number of ether oxygens (including phenoxy) is 2. The Morgan fingerprint density at radius 3 is 2.69 bits per heavy atom. The molecule has 0 amide bonds. The molecule has 0 bridgehead atoms. The fourth-order valence-corrected chi connectivity index (χ4v) is 4.52. The molecule has 1 fully saturated rings. The van der Waals surface area contributed by atoms with Gasteiger partial charge in [-0.3, -0.25) is 0 Å². The normalized spacial score (nSPS) is 18.9. The average Bonchev–Trinajstić information content (AvgIpc) is 3.18. The summed E-state index contributed by atoms with van der Waals surface area (Å²) in [5.74, 6) is 1.65. The van der Waals surface area contributed by atoms with E-state index in [9.17, 15) is 4.79 Å². The molecule has 0 saturated carbocycles. The molecule has 152 valence electrons. The minimum absolute atomic E-state index is 0.279. The zero-order chi connectivity index (χ0) is 20.5. The highest BCUT2D eigenvalue weighted by atomic mass is 16.5. The molecule has 2 atom stereocenters. The maximum absolute atomic E-state index is 12.3. The number of likely N-dealkylation sites (tertiary alicyclic amines) is 1. The van der Waals surface area contributed by atoms with E-state index in [1.54, 1.807) is 20.3 Å². The van der Waals surface area contributed by atoms with Crippen molar-refractivity contribution in [1.29, 1.82) is 0 Å². The van der Waals surface area contributed by atoms with Crippen LogP contribution < -0.4 is 20.0 Å². The van der Waals surface area contributed by atoms with Crippen LogP contribution >= 0.6 is 0 Å². The second-order valence-electron chi connectivity index (χ2n) is 7.86. The van der Waals surface area contributed by atoms with Crippen LogP contribution in [0.15, 0.2) is 45.6 Å². The molecular formula is C24H28NO4+. The van der Waals surface area contributed by atoms with Gasteiger partial charge in [-0.2, -0.15) is 0 Å². The van der Waals surface area contributed by atoms with Gasteiger partial charge in [-0.1, -0.05) is 12.1 Å². The Morgan fingerprint density at radius 1 is 1.10 bits per heavy atom. The molecule has 4 rings (SSSR count). The fourth-order valence-electron chi connectivity index (χ4n) is 4.52. The van der Waals surface area contributed by atoms with Gasteiger partial charge in [0.25, 0.3) is 0 Å². The van der Waals surface area contributed by atoms with Gasteiger partial charge in [0.05, 0.1) is 26.3 Å². The molecule has 1 aliphatic heterocycles. The summed E-state index contributed by atoms with van der Waals surface area (Å²) in [5.41, 5.74) is 4.84. The molecule has 0 aliphatic carbocycles. The van der Waals surface area contributed by atoms with Gasteiger partial charge in [0.1, 0.15) is 29.7 Å². The molecule has 1 aliphatic rings. The Morgan fingerprint density at radius 2 is 1.93 bits per heavy atom. The summed E-state index contributed by atoms with van der Waals surface area (Å²) in [4.78, 5) is 13.7. The van der Waals surface area contributed by atoms with E-state index in [4.69, 9.17) is 13.9 Å². The first-order valence-electron chi connectivity index (χ1n) is 10.1. The zero-order valence-electron chi connectivity index (χ0n) is 17.5. The maximum atomic E-state index is 12.3. The van der Waals surface area contributed by atoms with E-state index < -0.39 is 0 Å². The lowest BCUT2D eigenvalue weighted by Gasteiger charge is -2.24. The highest BCUT2D eigenvalue weighted by Crippen LogP contribution is 2.32. The zero-order valence-corrected chi connectivity index (χ0v) is 17.5. The second-order valence-corrected chi connectivity index (χ2v) is 7.86. The number of methoxy groups -OCH3 is 2. The third-order valence-corrected chi connectivity index (χ3v) is 6.23. The first-order chi connectivity index (χ1) is 14.0. The van der Waals surface area contributed by atoms with E-state index in [0.29, 0.717) is 11.6 Å². The SMILES string of the molecule is COc1ccc([C@H]2CCC[NH+]2Cc2cc(=O)oc3c(C)c(C)ccc23)c(OC)c1. The van der Waals surface area contributed by atoms with Crippen LogP contribution in [-0.4, -0.2) is 20.8 Å². The highest BCUT2D eigenvalue weighted by Gasteiger charge is 2.33. The molecule has 1 N–H and O–H groups in total. The largest absolute Gasteiger partial charge is 0.497 e. The van der Waals surface area contributed by atoms with E-state index >= 15 is 0 Å². The minimum atomic E-state index is -0.279. The lowest BCUT2D eigenvalue weighted by Crippen LogP contribution is -3.08. The summed E-state index contributed by atoms with van der Waals surface area (Å²) in [5, 5.41) is 1.03. The summed E-state index contributed by atoms with van der Waals surface area (Å²) in [6.07, 6.45) is 2.24. The Balaban J connectivity index is 1.72. The molecule has 1 saturated heterocycles. The molecule has 1 aromatic heterocycles. The standard InChI is InChI=1S/C24H27NO4/c1-15-7-9-19-17(12-23(26)29-24(19)16(15)2)14-25-11-5-6-21(25)20-10-8-18(27-3)13-22(20)28-4/h7-10,12-13,21H,5-6,11,14H2,1-4H3/p+1/t21-/m1/s1. The summed E-state index contributed by atoms with van der Waals surface area (Å²) in [7, 11) is 3.37. The van der Waals surface area contributed by atoms with E-state index in [-0.39, 0.29) is 5.63 Å². The van der Waals surface area contributed by atoms with Crippen molar-refractivity contribution in [3.8, 4) is 11.5 Å². The van der Waals surface area contributed by atoms with E-state index in [1.807, 2.05) is 26.0 Å². The number of benzene rings is 2. The topological polar surface area (TPSA) is 53.1 Å². The van der Waals surface area contributed by atoms with Crippen LogP contribution in [0.5, 0.6) is 11.5 Å². The number of hydrogen-bond acceptors (Lipinski definition) is 4. The molecule has 29 heavy (non-hydrogen) atoms. The summed E-state index contributed by atoms with van der Waals surface area (Å²) in [6.45, 7) is 5.90. The lowest BCUT2D eigenvalue weighted by molar-refractivity contribution is -0.931. The van der Waals surface area contributed by atoms with Crippen molar-refractivity contribution < 1.29 is 18.8 Å². The third-order valence-electron chi connectivity index (χ3n) is 6.23. The lowest BCUT2D eigenvalue weighted by atomic mass is 10.0. The van der Waals surface area contributed by atoms with Gasteiger partial charge in [0.2, 0.25) is 0 Å². The first-order valence-corrected chi connectivity index (χ1v) is 10.1. The average molecular weight is 394 g/mol. The number of hydrogen-bond donors (Lipinski definition) is 1. The van der Waals surface area contributed by atoms with Crippen molar-refractivity contribution in [3.63, 3.8) is 0 Å².